The maximum absolute atomic E-state index is 11.8. The van der Waals surface area contributed by atoms with Crippen LogP contribution in [-0.2, 0) is 6.42 Å². The van der Waals surface area contributed by atoms with Crippen molar-refractivity contribution in [1.82, 2.24) is 15.5 Å². The Morgan fingerprint density at radius 1 is 1.36 bits per heavy atom. The molecule has 0 aliphatic carbocycles. The van der Waals surface area contributed by atoms with Gasteiger partial charge in [-0.3, -0.25) is 9.89 Å². The Morgan fingerprint density at radius 3 is 2.73 bits per heavy atom. The number of aromatic carboxylic acids is 1. The molecule has 2 rings (SSSR count). The van der Waals surface area contributed by atoms with E-state index in [-0.39, 0.29) is 11.5 Å². The van der Waals surface area contributed by atoms with Gasteiger partial charge in [-0.15, -0.1) is 0 Å². The summed E-state index contributed by atoms with van der Waals surface area (Å²) in [5.74, 6) is -0.776. The molecule has 0 unspecified atom stereocenters. The first-order valence-corrected chi connectivity index (χ1v) is 6.71. The maximum atomic E-state index is 11.8. The van der Waals surface area contributed by atoms with E-state index in [1.807, 2.05) is 6.92 Å². The summed E-state index contributed by atoms with van der Waals surface area (Å²) in [4.78, 5) is 22.8. The highest BCUT2D eigenvalue weighted by molar-refractivity contribution is 5.92. The number of benzene rings is 1. The zero-order valence-corrected chi connectivity index (χ0v) is 12.3. The molecule has 0 saturated carbocycles. The van der Waals surface area contributed by atoms with Gasteiger partial charge in [-0.05, 0) is 37.1 Å². The Bertz CT molecular complexity index is 694. The minimum absolute atomic E-state index is 0.164. The van der Waals surface area contributed by atoms with Crippen molar-refractivity contribution in [3.05, 3.63) is 46.8 Å². The van der Waals surface area contributed by atoms with E-state index in [2.05, 4.69) is 15.5 Å². The minimum Gasteiger partial charge on any atom is -0.496 e. The lowest BCUT2D eigenvalue weighted by atomic mass is 10.1. The highest BCUT2D eigenvalue weighted by Gasteiger charge is 2.11. The van der Waals surface area contributed by atoms with Gasteiger partial charge >= 0.3 is 5.97 Å². The molecule has 116 valence electrons. The molecule has 1 aromatic heterocycles. The number of H-pyrrole nitrogens is 1. The third-order valence-corrected chi connectivity index (χ3v) is 3.15. The second-order valence-electron chi connectivity index (χ2n) is 4.77. The molecule has 1 amide bonds. The summed E-state index contributed by atoms with van der Waals surface area (Å²) in [6, 6.07) is 6.33. The molecular weight excluding hydrogens is 286 g/mol. The van der Waals surface area contributed by atoms with E-state index in [1.54, 1.807) is 12.1 Å². The van der Waals surface area contributed by atoms with Crippen LogP contribution in [0, 0.1) is 6.92 Å². The van der Waals surface area contributed by atoms with Crippen LogP contribution in [0.25, 0.3) is 0 Å². The molecule has 0 aliphatic heterocycles. The summed E-state index contributed by atoms with van der Waals surface area (Å²) in [5, 5.41) is 18.3. The fourth-order valence-corrected chi connectivity index (χ4v) is 2.02. The van der Waals surface area contributed by atoms with E-state index >= 15 is 0 Å². The van der Waals surface area contributed by atoms with Gasteiger partial charge in [0, 0.05) is 12.2 Å². The number of hydrogen-bond acceptors (Lipinski definition) is 4. The topological polar surface area (TPSA) is 104 Å². The lowest BCUT2D eigenvalue weighted by Crippen LogP contribution is -2.26. The highest BCUT2D eigenvalue weighted by atomic mass is 16.5. The molecule has 2 aromatic rings. The number of nitrogens with one attached hydrogen (secondary N) is 2. The number of carboxylic acid groups (broad SMARTS) is 1. The molecule has 3 N–H and O–H groups in total. The van der Waals surface area contributed by atoms with Crippen LogP contribution in [0.1, 0.15) is 32.1 Å². The van der Waals surface area contributed by atoms with Gasteiger partial charge in [-0.2, -0.15) is 5.10 Å². The Morgan fingerprint density at radius 2 is 2.14 bits per heavy atom. The highest BCUT2D eigenvalue weighted by Crippen LogP contribution is 2.20. The number of carboxylic acids is 1. The number of hydrogen-bond donors (Lipinski definition) is 3. The first-order chi connectivity index (χ1) is 10.5. The van der Waals surface area contributed by atoms with Gasteiger partial charge in [0.15, 0.2) is 0 Å². The molecule has 7 heteroatoms. The van der Waals surface area contributed by atoms with Crippen molar-refractivity contribution in [2.75, 3.05) is 13.7 Å². The second kappa shape index (κ2) is 6.75. The lowest BCUT2D eigenvalue weighted by molar-refractivity contribution is 0.0696. The fourth-order valence-electron chi connectivity index (χ4n) is 2.02. The molecule has 22 heavy (non-hydrogen) atoms. The van der Waals surface area contributed by atoms with Gasteiger partial charge in [0.1, 0.15) is 11.4 Å². The lowest BCUT2D eigenvalue weighted by Gasteiger charge is -2.10. The molecule has 0 fully saturated rings. The van der Waals surface area contributed by atoms with Crippen LogP contribution in [0.5, 0.6) is 5.75 Å². The number of aryl methyl sites for hydroxylation is 1. The van der Waals surface area contributed by atoms with Crippen molar-refractivity contribution in [3.8, 4) is 5.75 Å². The Hall–Kier alpha value is -2.83. The van der Waals surface area contributed by atoms with E-state index < -0.39 is 5.97 Å². The van der Waals surface area contributed by atoms with Crippen molar-refractivity contribution in [3.63, 3.8) is 0 Å². The average molecular weight is 303 g/mol. The zero-order chi connectivity index (χ0) is 16.1. The minimum atomic E-state index is -1.01. The van der Waals surface area contributed by atoms with Crippen LogP contribution < -0.4 is 10.1 Å². The molecular formula is C15H17N3O4. The first-order valence-electron chi connectivity index (χ1n) is 6.71. The summed E-state index contributed by atoms with van der Waals surface area (Å²) < 4.78 is 5.19. The molecule has 0 spiro atoms. The molecule has 1 aromatic carbocycles. The largest absolute Gasteiger partial charge is 0.496 e. The van der Waals surface area contributed by atoms with Crippen molar-refractivity contribution >= 4 is 11.9 Å². The summed E-state index contributed by atoms with van der Waals surface area (Å²) in [6.45, 7) is 2.21. The molecule has 0 radical (unpaired) electrons. The third-order valence-electron chi connectivity index (χ3n) is 3.15. The van der Waals surface area contributed by atoms with E-state index in [9.17, 15) is 9.59 Å². The van der Waals surface area contributed by atoms with Crippen LogP contribution in [0.3, 0.4) is 0 Å². The summed E-state index contributed by atoms with van der Waals surface area (Å²) in [5.41, 5.74) is 2.14. The number of carbonyl (C=O) groups is 2. The van der Waals surface area contributed by atoms with Gasteiger partial charge < -0.3 is 15.2 Å². The molecule has 1 heterocycles. The maximum Gasteiger partial charge on any atom is 0.335 e. The van der Waals surface area contributed by atoms with Crippen molar-refractivity contribution in [1.29, 1.82) is 0 Å². The van der Waals surface area contributed by atoms with E-state index in [0.29, 0.717) is 24.4 Å². The number of rotatable bonds is 6. The number of ether oxygens (including phenoxy) is 1. The van der Waals surface area contributed by atoms with Gasteiger partial charge in [-0.1, -0.05) is 6.07 Å². The smallest absolute Gasteiger partial charge is 0.335 e. The predicted molar refractivity (Wildman–Crippen MR) is 79.3 cm³/mol. The molecule has 0 aliphatic rings. The molecule has 0 atom stereocenters. The first kappa shape index (κ1) is 15.6. The number of aromatic amines is 1. The molecule has 7 nitrogen and oxygen atoms in total. The SMILES string of the molecule is COc1cc(C(=O)O)ccc1CCNC(=O)c1cc(C)[nH]n1. The fraction of sp³-hybridized carbons (Fsp3) is 0.267. The quantitative estimate of drug-likeness (QED) is 0.748. The monoisotopic (exact) mass is 303 g/mol. The van der Waals surface area contributed by atoms with E-state index in [0.717, 1.165) is 11.3 Å². The van der Waals surface area contributed by atoms with Crippen LogP contribution >= 0.6 is 0 Å². The van der Waals surface area contributed by atoms with Gasteiger partial charge in [0.05, 0.1) is 12.7 Å². The van der Waals surface area contributed by atoms with Crippen molar-refractivity contribution < 1.29 is 19.4 Å². The van der Waals surface area contributed by atoms with Gasteiger partial charge in [-0.25, -0.2) is 4.79 Å². The number of carbonyl (C=O) groups excluding carboxylic acids is 1. The van der Waals surface area contributed by atoms with E-state index in [1.165, 1.54) is 19.2 Å². The van der Waals surface area contributed by atoms with Crippen LogP contribution in [0.4, 0.5) is 0 Å². The van der Waals surface area contributed by atoms with Gasteiger partial charge in [0.2, 0.25) is 0 Å². The predicted octanol–water partition coefficient (Wildman–Crippen LogP) is 1.40. The summed E-state index contributed by atoms with van der Waals surface area (Å²) in [7, 11) is 1.48. The Balaban J connectivity index is 1.96. The van der Waals surface area contributed by atoms with E-state index in [4.69, 9.17) is 9.84 Å². The van der Waals surface area contributed by atoms with Gasteiger partial charge in [0.25, 0.3) is 5.91 Å². The number of amides is 1. The Kier molecular flexibility index (Phi) is 4.77. The second-order valence-corrected chi connectivity index (χ2v) is 4.77. The third kappa shape index (κ3) is 3.63. The molecule has 0 saturated heterocycles. The summed E-state index contributed by atoms with van der Waals surface area (Å²) >= 11 is 0. The normalized spacial score (nSPS) is 10.3. The molecule has 0 bridgehead atoms. The summed E-state index contributed by atoms with van der Waals surface area (Å²) in [6.07, 6.45) is 0.526. The number of aromatic nitrogens is 2. The average Bonchev–Trinajstić information content (AvgIpc) is 2.93. The van der Waals surface area contributed by atoms with Crippen LogP contribution in [-0.4, -0.2) is 40.8 Å². The van der Waals surface area contributed by atoms with Crippen molar-refractivity contribution in [2.24, 2.45) is 0 Å². The number of nitrogens with zero attached hydrogens (tertiary/aromatic N) is 1. The van der Waals surface area contributed by atoms with Crippen molar-refractivity contribution in [2.45, 2.75) is 13.3 Å². The van der Waals surface area contributed by atoms with Crippen LogP contribution in [0.2, 0.25) is 0 Å². The zero-order valence-electron chi connectivity index (χ0n) is 12.3. The standard InChI is InChI=1S/C15H17N3O4/c1-9-7-12(18-17-9)14(19)16-6-5-10-3-4-11(15(20)21)8-13(10)22-2/h3-4,7-8H,5-6H2,1-2H3,(H,16,19)(H,17,18)(H,20,21). The number of methoxy groups -OCH3 is 1. The van der Waals surface area contributed by atoms with Crippen LogP contribution in [0.15, 0.2) is 24.3 Å². The Labute approximate surface area is 127 Å².